The van der Waals surface area contributed by atoms with Gasteiger partial charge in [-0.05, 0) is 56.3 Å². The molecule has 0 bridgehead atoms. The fraction of sp³-hybridized carbons (Fsp3) is 0.300. The zero-order chi connectivity index (χ0) is 21.6. The Morgan fingerprint density at radius 1 is 1.07 bits per heavy atom. The third-order valence-corrected chi connectivity index (χ3v) is 5.18. The predicted octanol–water partition coefficient (Wildman–Crippen LogP) is 2.84. The molecule has 0 aliphatic rings. The highest BCUT2D eigenvalue weighted by Crippen LogP contribution is 2.25. The second-order valence-electron chi connectivity index (χ2n) is 6.41. The molecule has 0 saturated heterocycles. The smallest absolute Gasteiger partial charge is 0.247 e. The maximum atomic E-state index is 12.7. The van der Waals surface area contributed by atoms with Crippen molar-refractivity contribution >= 4 is 38.9 Å². The molecule has 0 saturated carbocycles. The third-order valence-electron chi connectivity index (χ3n) is 3.94. The highest BCUT2D eigenvalue weighted by Gasteiger charge is 2.29. The van der Waals surface area contributed by atoms with Crippen molar-refractivity contribution in [3.05, 3.63) is 48.5 Å². The Hall–Kier alpha value is -3.07. The van der Waals surface area contributed by atoms with Crippen LogP contribution >= 0.6 is 0 Å². The normalized spacial score (nSPS) is 12.0. The van der Waals surface area contributed by atoms with Crippen LogP contribution in [0.1, 0.15) is 20.8 Å². The van der Waals surface area contributed by atoms with E-state index in [1.54, 1.807) is 48.5 Å². The Balaban J connectivity index is 2.24. The molecule has 1 atom stereocenters. The van der Waals surface area contributed by atoms with Crippen molar-refractivity contribution in [3.8, 4) is 5.75 Å². The molecule has 0 fully saturated rings. The van der Waals surface area contributed by atoms with Crippen molar-refractivity contribution < 1.29 is 22.7 Å². The van der Waals surface area contributed by atoms with Gasteiger partial charge in [0, 0.05) is 18.3 Å². The number of rotatable bonds is 8. The lowest BCUT2D eigenvalue weighted by molar-refractivity contribution is -0.117. The van der Waals surface area contributed by atoms with Gasteiger partial charge in [-0.1, -0.05) is 6.07 Å². The predicted molar refractivity (Wildman–Crippen MR) is 114 cm³/mol. The number of nitrogens with zero attached hydrogens (tertiary/aromatic N) is 1. The van der Waals surface area contributed by atoms with Crippen LogP contribution in [-0.2, 0) is 19.6 Å². The van der Waals surface area contributed by atoms with Crippen molar-refractivity contribution in [2.24, 2.45) is 0 Å². The summed E-state index contributed by atoms with van der Waals surface area (Å²) in [7, 11) is -3.73. The maximum Gasteiger partial charge on any atom is 0.247 e. The quantitative estimate of drug-likeness (QED) is 0.685. The van der Waals surface area contributed by atoms with Crippen LogP contribution in [0.25, 0.3) is 0 Å². The van der Waals surface area contributed by atoms with E-state index in [-0.39, 0.29) is 5.91 Å². The van der Waals surface area contributed by atoms with E-state index in [0.717, 1.165) is 10.6 Å². The largest absolute Gasteiger partial charge is 0.494 e. The van der Waals surface area contributed by atoms with E-state index in [1.807, 2.05) is 6.92 Å². The fourth-order valence-corrected chi connectivity index (χ4v) is 3.96. The summed E-state index contributed by atoms with van der Waals surface area (Å²) in [5.41, 5.74) is 1.31. The first kappa shape index (κ1) is 22.2. The number of carbonyl (C=O) groups excluding carboxylic acids is 2. The van der Waals surface area contributed by atoms with Gasteiger partial charge in [0.2, 0.25) is 21.8 Å². The summed E-state index contributed by atoms with van der Waals surface area (Å²) in [4.78, 5) is 23.9. The minimum Gasteiger partial charge on any atom is -0.494 e. The van der Waals surface area contributed by atoms with Crippen LogP contribution in [0.5, 0.6) is 5.75 Å². The van der Waals surface area contributed by atoms with Crippen molar-refractivity contribution in [1.29, 1.82) is 0 Å². The van der Waals surface area contributed by atoms with Crippen molar-refractivity contribution in [2.75, 3.05) is 27.8 Å². The van der Waals surface area contributed by atoms with Gasteiger partial charge in [-0.2, -0.15) is 0 Å². The van der Waals surface area contributed by atoms with E-state index < -0.39 is 22.0 Å². The average molecular weight is 420 g/mol. The number of sulfonamides is 1. The fourth-order valence-electron chi connectivity index (χ4n) is 2.79. The van der Waals surface area contributed by atoms with E-state index in [4.69, 9.17) is 4.74 Å². The summed E-state index contributed by atoms with van der Waals surface area (Å²) < 4.78 is 31.2. The monoisotopic (exact) mass is 419 g/mol. The van der Waals surface area contributed by atoms with E-state index >= 15 is 0 Å². The maximum absolute atomic E-state index is 12.7. The van der Waals surface area contributed by atoms with Crippen LogP contribution in [0.4, 0.5) is 17.1 Å². The molecule has 2 aromatic carbocycles. The Labute approximate surface area is 170 Å². The number of anilines is 3. The molecule has 2 rings (SSSR count). The number of benzene rings is 2. The van der Waals surface area contributed by atoms with Gasteiger partial charge in [0.1, 0.15) is 11.8 Å². The molecule has 9 heteroatoms. The number of carbonyl (C=O) groups is 2. The highest BCUT2D eigenvalue weighted by molar-refractivity contribution is 7.92. The number of ether oxygens (including phenoxy) is 1. The summed E-state index contributed by atoms with van der Waals surface area (Å²) in [6.45, 7) is 5.23. The Morgan fingerprint density at radius 3 is 2.17 bits per heavy atom. The first-order valence-corrected chi connectivity index (χ1v) is 10.9. The van der Waals surface area contributed by atoms with Crippen LogP contribution in [0.2, 0.25) is 0 Å². The van der Waals surface area contributed by atoms with E-state index in [9.17, 15) is 18.0 Å². The van der Waals surface area contributed by atoms with Crippen LogP contribution in [-0.4, -0.2) is 39.1 Å². The summed E-state index contributed by atoms with van der Waals surface area (Å²) >= 11 is 0. The SMILES string of the molecule is CCOc1ccc(N([C@@H](C)C(=O)Nc2cccc(NC(C)=O)c2)S(C)(=O)=O)cc1. The van der Waals surface area contributed by atoms with Gasteiger partial charge in [0.15, 0.2) is 0 Å². The molecule has 156 valence electrons. The minimum absolute atomic E-state index is 0.236. The van der Waals surface area contributed by atoms with Crippen molar-refractivity contribution in [2.45, 2.75) is 26.8 Å². The van der Waals surface area contributed by atoms with E-state index in [2.05, 4.69) is 10.6 Å². The minimum atomic E-state index is -3.73. The molecular formula is C20H25N3O5S. The van der Waals surface area contributed by atoms with Crippen LogP contribution in [0.3, 0.4) is 0 Å². The van der Waals surface area contributed by atoms with Crippen LogP contribution in [0.15, 0.2) is 48.5 Å². The zero-order valence-corrected chi connectivity index (χ0v) is 17.6. The summed E-state index contributed by atoms with van der Waals surface area (Å²) in [6, 6.07) is 12.1. The molecule has 8 nitrogen and oxygen atoms in total. The number of amides is 2. The van der Waals surface area contributed by atoms with Crippen LogP contribution in [0, 0.1) is 0 Å². The Morgan fingerprint density at radius 2 is 1.66 bits per heavy atom. The molecule has 29 heavy (non-hydrogen) atoms. The molecule has 2 aromatic rings. The summed E-state index contributed by atoms with van der Waals surface area (Å²) in [5, 5.41) is 5.32. The standard InChI is InChI=1S/C20H25N3O5S/c1-5-28-19-11-9-18(10-12-19)23(29(4,26)27)14(2)20(25)22-17-8-6-7-16(13-17)21-15(3)24/h6-14H,5H2,1-4H3,(H,21,24)(H,22,25)/t14-/m0/s1. The first-order chi connectivity index (χ1) is 13.6. The van der Waals surface area contributed by atoms with Gasteiger partial charge in [0.25, 0.3) is 0 Å². The van der Waals surface area contributed by atoms with Gasteiger partial charge in [-0.3, -0.25) is 13.9 Å². The molecule has 0 radical (unpaired) electrons. The number of hydrogen-bond donors (Lipinski definition) is 2. The van der Waals surface area contributed by atoms with Gasteiger partial charge in [-0.15, -0.1) is 0 Å². The summed E-state index contributed by atoms with van der Waals surface area (Å²) in [6.07, 6.45) is 1.05. The molecule has 0 aliphatic heterocycles. The van der Waals surface area contributed by atoms with Crippen molar-refractivity contribution in [1.82, 2.24) is 0 Å². The molecule has 0 aromatic heterocycles. The Bertz CT molecular complexity index is 974. The van der Waals surface area contributed by atoms with E-state index in [0.29, 0.717) is 29.4 Å². The molecule has 2 amide bonds. The molecule has 0 heterocycles. The summed E-state index contributed by atoms with van der Waals surface area (Å²) in [5.74, 6) is -0.138. The molecule has 0 aliphatic carbocycles. The first-order valence-electron chi connectivity index (χ1n) is 9.02. The second kappa shape index (κ2) is 9.42. The van der Waals surface area contributed by atoms with Gasteiger partial charge in [0.05, 0.1) is 18.6 Å². The lowest BCUT2D eigenvalue weighted by Gasteiger charge is -2.28. The molecular weight excluding hydrogens is 394 g/mol. The zero-order valence-electron chi connectivity index (χ0n) is 16.8. The molecule has 0 unspecified atom stereocenters. The highest BCUT2D eigenvalue weighted by atomic mass is 32.2. The number of nitrogens with one attached hydrogen (secondary N) is 2. The Kier molecular flexibility index (Phi) is 7.22. The van der Waals surface area contributed by atoms with Gasteiger partial charge < -0.3 is 15.4 Å². The van der Waals surface area contributed by atoms with E-state index in [1.165, 1.54) is 13.8 Å². The van der Waals surface area contributed by atoms with Gasteiger partial charge >= 0.3 is 0 Å². The van der Waals surface area contributed by atoms with Crippen molar-refractivity contribution in [3.63, 3.8) is 0 Å². The van der Waals surface area contributed by atoms with Crippen LogP contribution < -0.4 is 19.7 Å². The molecule has 2 N–H and O–H groups in total. The third kappa shape index (κ3) is 6.21. The lowest BCUT2D eigenvalue weighted by Crippen LogP contribution is -2.45. The lowest BCUT2D eigenvalue weighted by atomic mass is 10.2. The van der Waals surface area contributed by atoms with Gasteiger partial charge in [-0.25, -0.2) is 8.42 Å². The molecule has 0 spiro atoms. The number of hydrogen-bond acceptors (Lipinski definition) is 5. The second-order valence-corrected chi connectivity index (χ2v) is 8.27. The average Bonchev–Trinajstić information content (AvgIpc) is 2.62. The topological polar surface area (TPSA) is 105 Å².